The van der Waals surface area contributed by atoms with Gasteiger partial charge < -0.3 is 4.90 Å². The Bertz CT molecular complexity index is 992. The number of allylic oxidation sites excluding steroid dienone is 5. The highest BCUT2D eigenvalue weighted by molar-refractivity contribution is 5.77. The lowest BCUT2D eigenvalue weighted by molar-refractivity contribution is 1.14. The van der Waals surface area contributed by atoms with E-state index in [1.165, 1.54) is 27.9 Å². The molecule has 0 atom stereocenters. The molecule has 3 aromatic rings. The molecular weight excluding hydrogens is 338 g/mol. The molecule has 3 rings (SSSR count). The summed E-state index contributed by atoms with van der Waals surface area (Å²) < 4.78 is 0. The minimum atomic E-state index is 1.15. The summed E-state index contributed by atoms with van der Waals surface area (Å²) in [6.07, 6.45) is 7.88. The quantitative estimate of drug-likeness (QED) is 0.403. The highest BCUT2D eigenvalue weighted by Gasteiger charge is 2.14. The van der Waals surface area contributed by atoms with Crippen molar-refractivity contribution in [3.63, 3.8) is 0 Å². The first-order chi connectivity index (χ1) is 13.6. The van der Waals surface area contributed by atoms with Gasteiger partial charge in [0, 0.05) is 17.1 Å². The van der Waals surface area contributed by atoms with Crippen LogP contribution in [0.5, 0.6) is 0 Å². The fourth-order valence-corrected chi connectivity index (χ4v) is 3.23. The molecule has 28 heavy (non-hydrogen) atoms. The van der Waals surface area contributed by atoms with Crippen LogP contribution in [0, 0.1) is 13.8 Å². The Labute approximate surface area is 169 Å². The number of hydrogen-bond acceptors (Lipinski definition) is 1. The summed E-state index contributed by atoms with van der Waals surface area (Å²) in [5.74, 6) is 0. The first kappa shape index (κ1) is 19.4. The fraction of sp³-hybridized carbons (Fsp3) is 0.111. The Morgan fingerprint density at radius 2 is 1.50 bits per heavy atom. The molecule has 0 fully saturated rings. The van der Waals surface area contributed by atoms with Gasteiger partial charge in [0.1, 0.15) is 0 Å². The molecule has 0 N–H and O–H groups in total. The van der Waals surface area contributed by atoms with Gasteiger partial charge in [-0.3, -0.25) is 0 Å². The number of aryl methyl sites for hydroxylation is 2. The van der Waals surface area contributed by atoms with Crippen molar-refractivity contribution in [2.24, 2.45) is 0 Å². The Hall–Kier alpha value is -3.32. The Morgan fingerprint density at radius 1 is 0.821 bits per heavy atom. The molecule has 140 valence electrons. The number of para-hydroxylation sites is 1. The second-order valence-corrected chi connectivity index (χ2v) is 6.97. The van der Waals surface area contributed by atoms with Gasteiger partial charge in [-0.2, -0.15) is 0 Å². The number of benzene rings is 3. The summed E-state index contributed by atoms with van der Waals surface area (Å²) in [7, 11) is 0. The van der Waals surface area contributed by atoms with Crippen molar-refractivity contribution >= 4 is 11.4 Å². The lowest BCUT2D eigenvalue weighted by atomic mass is 10.0. The van der Waals surface area contributed by atoms with Gasteiger partial charge in [-0.25, -0.2) is 0 Å². The first-order valence-corrected chi connectivity index (χ1v) is 9.59. The van der Waals surface area contributed by atoms with Crippen molar-refractivity contribution in [3.8, 4) is 11.1 Å². The molecule has 0 aliphatic heterocycles. The van der Waals surface area contributed by atoms with E-state index in [2.05, 4.69) is 105 Å². The lowest BCUT2D eigenvalue weighted by Crippen LogP contribution is -2.15. The molecule has 0 unspecified atom stereocenters. The average molecular weight is 366 g/mol. The van der Waals surface area contributed by atoms with Crippen LogP contribution in [0.1, 0.15) is 18.1 Å². The molecule has 0 saturated heterocycles. The zero-order valence-electron chi connectivity index (χ0n) is 16.9. The molecule has 3 aromatic carbocycles. The van der Waals surface area contributed by atoms with Crippen molar-refractivity contribution in [2.75, 3.05) is 4.90 Å². The van der Waals surface area contributed by atoms with Crippen molar-refractivity contribution in [2.45, 2.75) is 20.8 Å². The van der Waals surface area contributed by atoms with Crippen LogP contribution in [0.25, 0.3) is 11.1 Å². The smallest absolute Gasteiger partial charge is 0.0493 e. The van der Waals surface area contributed by atoms with Gasteiger partial charge in [0.25, 0.3) is 0 Å². The minimum Gasteiger partial charge on any atom is -0.314 e. The first-order valence-electron chi connectivity index (χ1n) is 9.59. The van der Waals surface area contributed by atoms with Crippen molar-refractivity contribution in [1.82, 2.24) is 0 Å². The van der Waals surface area contributed by atoms with E-state index in [9.17, 15) is 0 Å². The van der Waals surface area contributed by atoms with Gasteiger partial charge in [-0.1, -0.05) is 85.0 Å². The topological polar surface area (TPSA) is 3.24 Å². The van der Waals surface area contributed by atoms with Crippen LogP contribution in [0.3, 0.4) is 0 Å². The third kappa shape index (κ3) is 4.50. The fourth-order valence-electron chi connectivity index (χ4n) is 3.23. The molecule has 0 radical (unpaired) electrons. The van der Waals surface area contributed by atoms with Crippen LogP contribution in [-0.2, 0) is 0 Å². The maximum absolute atomic E-state index is 3.75. The molecule has 0 aromatic heterocycles. The van der Waals surface area contributed by atoms with E-state index in [0.717, 1.165) is 11.4 Å². The molecule has 0 spiro atoms. The lowest BCUT2D eigenvalue weighted by Gasteiger charge is -2.28. The minimum absolute atomic E-state index is 1.15. The zero-order chi connectivity index (χ0) is 19.9. The Morgan fingerprint density at radius 3 is 2.18 bits per heavy atom. The van der Waals surface area contributed by atoms with Crippen LogP contribution < -0.4 is 4.90 Å². The predicted molar refractivity (Wildman–Crippen MR) is 123 cm³/mol. The zero-order valence-corrected chi connectivity index (χ0v) is 16.9. The second kappa shape index (κ2) is 9.05. The monoisotopic (exact) mass is 365 g/mol. The van der Waals surface area contributed by atoms with E-state index < -0.39 is 0 Å². The molecular formula is C27H27N. The second-order valence-electron chi connectivity index (χ2n) is 6.97. The highest BCUT2D eigenvalue weighted by Crippen LogP contribution is 2.35. The van der Waals surface area contributed by atoms with E-state index in [0.29, 0.717) is 0 Å². The molecule has 1 nitrogen and oxygen atoms in total. The third-order valence-corrected chi connectivity index (χ3v) is 4.79. The van der Waals surface area contributed by atoms with Crippen LogP contribution in [0.15, 0.2) is 109 Å². The molecule has 1 heteroatoms. The standard InChI is InChI=1S/C27H27N/c1-5-6-8-11-23(4)28(26-12-9-7-10-13-26)27-20-25(19-16-22(27)3)24-17-14-21(2)15-18-24/h5-20H,1H2,2-4H3/b8-6-,23-11+. The van der Waals surface area contributed by atoms with Crippen LogP contribution in [0.4, 0.5) is 11.4 Å². The van der Waals surface area contributed by atoms with Crippen molar-refractivity contribution in [3.05, 3.63) is 121 Å². The van der Waals surface area contributed by atoms with E-state index in [-0.39, 0.29) is 0 Å². The van der Waals surface area contributed by atoms with Gasteiger partial charge >= 0.3 is 0 Å². The summed E-state index contributed by atoms with van der Waals surface area (Å²) in [5.41, 5.74) is 8.44. The molecule has 0 aliphatic rings. The van der Waals surface area contributed by atoms with E-state index in [1.807, 2.05) is 18.2 Å². The summed E-state index contributed by atoms with van der Waals surface area (Å²) in [6, 6.07) is 25.9. The highest BCUT2D eigenvalue weighted by atomic mass is 15.1. The van der Waals surface area contributed by atoms with Crippen LogP contribution in [0.2, 0.25) is 0 Å². The maximum Gasteiger partial charge on any atom is 0.0493 e. The normalized spacial score (nSPS) is 11.6. The third-order valence-electron chi connectivity index (χ3n) is 4.79. The molecule has 0 amide bonds. The molecule has 0 saturated carbocycles. The largest absolute Gasteiger partial charge is 0.314 e. The van der Waals surface area contributed by atoms with E-state index >= 15 is 0 Å². The van der Waals surface area contributed by atoms with Crippen molar-refractivity contribution < 1.29 is 0 Å². The van der Waals surface area contributed by atoms with E-state index in [4.69, 9.17) is 0 Å². The summed E-state index contributed by atoms with van der Waals surface area (Å²) in [4.78, 5) is 2.31. The number of rotatable bonds is 6. The van der Waals surface area contributed by atoms with Crippen molar-refractivity contribution in [1.29, 1.82) is 0 Å². The number of anilines is 2. The van der Waals surface area contributed by atoms with Crippen LogP contribution >= 0.6 is 0 Å². The Kier molecular flexibility index (Phi) is 6.29. The van der Waals surface area contributed by atoms with Gasteiger partial charge in [0.15, 0.2) is 0 Å². The van der Waals surface area contributed by atoms with Gasteiger partial charge in [-0.05, 0) is 61.7 Å². The molecule has 0 bridgehead atoms. The van der Waals surface area contributed by atoms with Crippen LogP contribution in [-0.4, -0.2) is 0 Å². The van der Waals surface area contributed by atoms with Gasteiger partial charge in [0.05, 0.1) is 0 Å². The van der Waals surface area contributed by atoms with E-state index in [1.54, 1.807) is 6.08 Å². The predicted octanol–water partition coefficient (Wildman–Crippen LogP) is 7.75. The summed E-state index contributed by atoms with van der Waals surface area (Å²) >= 11 is 0. The SMILES string of the molecule is C=C/C=C\C=C(/C)N(c1ccccc1)c1cc(-c2ccc(C)cc2)ccc1C. The molecule has 0 aliphatic carbocycles. The number of hydrogen-bond donors (Lipinski definition) is 0. The maximum atomic E-state index is 3.75. The summed E-state index contributed by atoms with van der Waals surface area (Å²) in [5, 5.41) is 0. The average Bonchev–Trinajstić information content (AvgIpc) is 2.71. The van der Waals surface area contributed by atoms with Gasteiger partial charge in [-0.15, -0.1) is 0 Å². The number of nitrogens with zero attached hydrogens (tertiary/aromatic N) is 1. The Balaban J connectivity index is 2.12. The summed E-state index contributed by atoms with van der Waals surface area (Å²) in [6.45, 7) is 10.2. The van der Waals surface area contributed by atoms with Gasteiger partial charge in [0.2, 0.25) is 0 Å². The molecule has 0 heterocycles.